The minimum absolute atomic E-state index is 1.02. The van der Waals surface area contributed by atoms with E-state index < -0.39 is 0 Å². The molecule has 1 N–H and O–H groups in total. The van der Waals surface area contributed by atoms with Crippen molar-refractivity contribution in [1.82, 2.24) is 15.4 Å². The van der Waals surface area contributed by atoms with Crippen LogP contribution >= 0.6 is 0 Å². The Bertz CT molecular complexity index is 265. The number of hydrogen-bond acceptors (Lipinski definition) is 2. The van der Waals surface area contributed by atoms with E-state index in [0.29, 0.717) is 0 Å². The van der Waals surface area contributed by atoms with Gasteiger partial charge in [-0.25, -0.2) is 0 Å². The van der Waals surface area contributed by atoms with Crippen molar-refractivity contribution in [2.75, 3.05) is 0 Å². The predicted molar refractivity (Wildman–Crippen MR) is 44.6 cm³/mol. The van der Waals surface area contributed by atoms with E-state index in [-0.39, 0.29) is 0 Å². The molecule has 0 unspecified atom stereocenters. The zero-order chi connectivity index (χ0) is 7.97. The van der Waals surface area contributed by atoms with Gasteiger partial charge in [0.1, 0.15) is 0 Å². The first kappa shape index (κ1) is 6.63. The SMILES string of the molecule is C1C[C@@H]2C[C@@H]2CCc2[nH]nnc21. The number of aryl methyl sites for hydroxylation is 2. The molecule has 1 saturated carbocycles. The van der Waals surface area contributed by atoms with E-state index in [1.54, 1.807) is 0 Å². The van der Waals surface area contributed by atoms with Gasteiger partial charge in [0.15, 0.2) is 0 Å². The quantitative estimate of drug-likeness (QED) is 0.626. The Morgan fingerprint density at radius 1 is 1.17 bits per heavy atom. The minimum Gasteiger partial charge on any atom is -0.262 e. The van der Waals surface area contributed by atoms with Gasteiger partial charge in [0, 0.05) is 0 Å². The highest BCUT2D eigenvalue weighted by Crippen LogP contribution is 2.46. The second-order valence-corrected chi connectivity index (χ2v) is 4.07. The largest absolute Gasteiger partial charge is 0.262 e. The predicted octanol–water partition coefficient (Wildman–Crippen LogP) is 1.32. The average Bonchev–Trinajstić information content (AvgIpc) is 2.63. The topological polar surface area (TPSA) is 41.6 Å². The maximum absolute atomic E-state index is 4.11. The Hall–Kier alpha value is -0.860. The van der Waals surface area contributed by atoms with Gasteiger partial charge in [0.2, 0.25) is 0 Å². The molecule has 3 heteroatoms. The van der Waals surface area contributed by atoms with Gasteiger partial charge < -0.3 is 0 Å². The lowest BCUT2D eigenvalue weighted by Gasteiger charge is -2.05. The summed E-state index contributed by atoms with van der Waals surface area (Å²) in [5.41, 5.74) is 2.51. The van der Waals surface area contributed by atoms with Gasteiger partial charge in [-0.05, 0) is 43.9 Å². The van der Waals surface area contributed by atoms with Crippen molar-refractivity contribution in [1.29, 1.82) is 0 Å². The summed E-state index contributed by atoms with van der Waals surface area (Å²) < 4.78 is 0. The summed E-state index contributed by atoms with van der Waals surface area (Å²) in [6.45, 7) is 0. The molecule has 0 bridgehead atoms. The van der Waals surface area contributed by atoms with Crippen LogP contribution < -0.4 is 0 Å². The molecule has 0 spiro atoms. The molecule has 1 heterocycles. The average molecular weight is 163 g/mol. The van der Waals surface area contributed by atoms with Crippen molar-refractivity contribution in [2.45, 2.75) is 32.1 Å². The lowest BCUT2D eigenvalue weighted by atomic mass is 10.0. The van der Waals surface area contributed by atoms with E-state index in [4.69, 9.17) is 0 Å². The van der Waals surface area contributed by atoms with E-state index >= 15 is 0 Å². The van der Waals surface area contributed by atoms with Crippen LogP contribution in [0.4, 0.5) is 0 Å². The third kappa shape index (κ3) is 0.958. The maximum atomic E-state index is 4.11. The molecule has 0 saturated heterocycles. The van der Waals surface area contributed by atoms with Crippen LogP contribution in [0.2, 0.25) is 0 Å². The van der Waals surface area contributed by atoms with Crippen LogP contribution in [0.15, 0.2) is 0 Å². The molecule has 2 aliphatic carbocycles. The second-order valence-electron chi connectivity index (χ2n) is 4.07. The molecule has 2 aliphatic rings. The fraction of sp³-hybridized carbons (Fsp3) is 0.778. The van der Waals surface area contributed by atoms with Crippen molar-refractivity contribution >= 4 is 0 Å². The first-order chi connectivity index (χ1) is 5.93. The fourth-order valence-electron chi connectivity index (χ4n) is 2.34. The highest BCUT2D eigenvalue weighted by atomic mass is 15.3. The standard InChI is InChI=1S/C9H13N3/c1-3-8-9(11-12-10-8)4-2-7-5-6(1)7/h6-7H,1-5H2,(H,10,11,12)/t6-,7+. The minimum atomic E-state index is 1.02. The van der Waals surface area contributed by atoms with E-state index in [1.807, 2.05) is 0 Å². The molecule has 0 amide bonds. The molecule has 3 nitrogen and oxygen atoms in total. The smallest absolute Gasteiger partial charge is 0.0856 e. The Balaban J connectivity index is 1.87. The third-order valence-electron chi connectivity index (χ3n) is 3.29. The first-order valence-electron chi connectivity index (χ1n) is 4.82. The van der Waals surface area contributed by atoms with Gasteiger partial charge in [-0.1, -0.05) is 5.21 Å². The van der Waals surface area contributed by atoms with Crippen molar-refractivity contribution in [3.05, 3.63) is 11.4 Å². The summed E-state index contributed by atoms with van der Waals surface area (Å²) in [5, 5.41) is 11.0. The van der Waals surface area contributed by atoms with Gasteiger partial charge in [0.25, 0.3) is 0 Å². The highest BCUT2D eigenvalue weighted by Gasteiger charge is 2.37. The van der Waals surface area contributed by atoms with Gasteiger partial charge in [-0.2, -0.15) is 0 Å². The van der Waals surface area contributed by atoms with Crippen LogP contribution in [0, 0.1) is 11.8 Å². The Kier molecular flexibility index (Phi) is 1.28. The van der Waals surface area contributed by atoms with Crippen molar-refractivity contribution in [3.63, 3.8) is 0 Å². The summed E-state index contributed by atoms with van der Waals surface area (Å²) in [5.74, 6) is 2.05. The molecule has 0 aromatic carbocycles. The monoisotopic (exact) mass is 163 g/mol. The van der Waals surface area contributed by atoms with Crippen LogP contribution in [-0.2, 0) is 12.8 Å². The summed E-state index contributed by atoms with van der Waals surface area (Å²) >= 11 is 0. The number of aromatic nitrogens is 3. The first-order valence-corrected chi connectivity index (χ1v) is 4.82. The Morgan fingerprint density at radius 3 is 2.92 bits per heavy atom. The van der Waals surface area contributed by atoms with Gasteiger partial charge >= 0.3 is 0 Å². The zero-order valence-electron chi connectivity index (χ0n) is 7.08. The number of nitrogens with zero attached hydrogens (tertiary/aromatic N) is 2. The molecule has 1 aromatic rings. The number of fused-ring (bicyclic) bond motifs is 2. The molecule has 1 aromatic heterocycles. The molecular weight excluding hydrogens is 150 g/mol. The summed E-state index contributed by atoms with van der Waals surface area (Å²) in [7, 11) is 0. The highest BCUT2D eigenvalue weighted by molar-refractivity contribution is 5.11. The van der Waals surface area contributed by atoms with Crippen LogP contribution in [0.25, 0.3) is 0 Å². The summed E-state index contributed by atoms with van der Waals surface area (Å²) in [4.78, 5) is 0. The zero-order valence-corrected chi connectivity index (χ0v) is 7.08. The Morgan fingerprint density at radius 2 is 2.00 bits per heavy atom. The number of aromatic amines is 1. The number of rotatable bonds is 0. The molecule has 0 aliphatic heterocycles. The number of hydrogen-bond donors (Lipinski definition) is 1. The van der Waals surface area contributed by atoms with Crippen LogP contribution in [0.3, 0.4) is 0 Å². The second kappa shape index (κ2) is 2.31. The van der Waals surface area contributed by atoms with Crippen LogP contribution in [0.5, 0.6) is 0 Å². The summed E-state index contributed by atoms with van der Waals surface area (Å²) in [6.07, 6.45) is 6.47. The van der Waals surface area contributed by atoms with Gasteiger partial charge in [0.05, 0.1) is 11.4 Å². The fourth-order valence-corrected chi connectivity index (χ4v) is 2.34. The van der Waals surface area contributed by atoms with E-state index in [0.717, 1.165) is 18.3 Å². The van der Waals surface area contributed by atoms with Crippen molar-refractivity contribution in [2.24, 2.45) is 11.8 Å². The molecule has 1 fully saturated rings. The van der Waals surface area contributed by atoms with E-state index in [1.165, 1.54) is 37.1 Å². The van der Waals surface area contributed by atoms with Gasteiger partial charge in [-0.15, -0.1) is 5.10 Å². The Labute approximate surface area is 71.6 Å². The van der Waals surface area contributed by atoms with Crippen molar-refractivity contribution in [3.8, 4) is 0 Å². The molecule has 64 valence electrons. The normalized spacial score (nSPS) is 33.0. The molecule has 2 atom stereocenters. The maximum Gasteiger partial charge on any atom is 0.0856 e. The molecule has 12 heavy (non-hydrogen) atoms. The van der Waals surface area contributed by atoms with Gasteiger partial charge in [-0.3, -0.25) is 5.10 Å². The van der Waals surface area contributed by atoms with E-state index in [2.05, 4.69) is 15.4 Å². The molecule has 0 radical (unpaired) electrons. The molecular formula is C9H13N3. The van der Waals surface area contributed by atoms with E-state index in [9.17, 15) is 0 Å². The lowest BCUT2D eigenvalue weighted by Crippen LogP contribution is -2.00. The summed E-state index contributed by atoms with van der Waals surface area (Å²) in [6, 6.07) is 0. The number of H-pyrrole nitrogens is 1. The van der Waals surface area contributed by atoms with Crippen LogP contribution in [0.1, 0.15) is 30.7 Å². The lowest BCUT2D eigenvalue weighted by molar-refractivity contribution is 0.579. The third-order valence-corrected chi connectivity index (χ3v) is 3.29. The van der Waals surface area contributed by atoms with Crippen molar-refractivity contribution < 1.29 is 0 Å². The molecule has 3 rings (SSSR count). The number of nitrogens with one attached hydrogen (secondary N) is 1. The van der Waals surface area contributed by atoms with Crippen LogP contribution in [-0.4, -0.2) is 15.4 Å².